The first-order chi connectivity index (χ1) is 16.8. The van der Waals surface area contributed by atoms with Crippen molar-refractivity contribution < 1.29 is 24.2 Å². The van der Waals surface area contributed by atoms with E-state index in [1.807, 2.05) is 31.2 Å². The first kappa shape index (κ1) is 25.9. The van der Waals surface area contributed by atoms with Crippen molar-refractivity contribution in [2.45, 2.75) is 19.8 Å². The highest BCUT2D eigenvalue weighted by molar-refractivity contribution is 6.30. The number of carbonyl (C=O) groups excluding carboxylic acids is 2. The number of carbonyl (C=O) groups is 3. The van der Waals surface area contributed by atoms with E-state index in [-0.39, 0.29) is 31.3 Å². The van der Waals surface area contributed by atoms with E-state index in [9.17, 15) is 19.5 Å². The number of carboxylic acid groups (broad SMARTS) is 1. The van der Waals surface area contributed by atoms with Crippen LogP contribution in [0.1, 0.15) is 28.8 Å². The summed E-state index contributed by atoms with van der Waals surface area (Å²) in [7, 11) is 1.50. The van der Waals surface area contributed by atoms with Gasteiger partial charge in [0.2, 0.25) is 0 Å². The maximum absolute atomic E-state index is 12.5. The summed E-state index contributed by atoms with van der Waals surface area (Å²) in [6.07, 6.45) is 0.212. The van der Waals surface area contributed by atoms with Gasteiger partial charge in [0.1, 0.15) is 0 Å². The molecule has 35 heavy (non-hydrogen) atoms. The molecule has 1 unspecified atom stereocenters. The van der Waals surface area contributed by atoms with Crippen molar-refractivity contribution in [3.8, 4) is 11.1 Å². The van der Waals surface area contributed by atoms with Gasteiger partial charge in [0.05, 0.1) is 5.92 Å². The van der Waals surface area contributed by atoms with Gasteiger partial charge in [0, 0.05) is 42.1 Å². The number of anilines is 2. The number of carboxylic acids is 1. The average molecular weight is 495 g/mol. The zero-order valence-electron chi connectivity index (χ0n) is 19.5. The fourth-order valence-electron chi connectivity index (χ4n) is 3.56. The molecule has 0 aromatic heterocycles. The highest BCUT2D eigenvalue weighted by atomic mass is 35.5. The Hall–Kier alpha value is -3.68. The molecule has 7 nitrogen and oxygen atoms in total. The summed E-state index contributed by atoms with van der Waals surface area (Å²) in [5.41, 5.74) is 4.42. The van der Waals surface area contributed by atoms with Gasteiger partial charge in [-0.25, -0.2) is 4.79 Å². The van der Waals surface area contributed by atoms with Crippen molar-refractivity contribution in [2.24, 2.45) is 5.92 Å². The molecule has 0 radical (unpaired) electrons. The average Bonchev–Trinajstić information content (AvgIpc) is 2.84. The van der Waals surface area contributed by atoms with E-state index in [4.69, 9.17) is 16.3 Å². The van der Waals surface area contributed by atoms with Crippen LogP contribution in [-0.2, 0) is 9.53 Å². The molecule has 0 heterocycles. The lowest BCUT2D eigenvalue weighted by atomic mass is 9.94. The Morgan fingerprint density at radius 1 is 0.943 bits per heavy atom. The van der Waals surface area contributed by atoms with Crippen molar-refractivity contribution in [1.29, 1.82) is 0 Å². The zero-order chi connectivity index (χ0) is 25.4. The van der Waals surface area contributed by atoms with Gasteiger partial charge in [-0.3, -0.25) is 9.59 Å². The summed E-state index contributed by atoms with van der Waals surface area (Å²) in [4.78, 5) is 36.2. The van der Waals surface area contributed by atoms with Crippen molar-refractivity contribution in [3.05, 3.63) is 82.9 Å². The maximum atomic E-state index is 12.5. The SMILES string of the molecule is COCCC(CC(=O)c1ccc(-c2ccc(NC(=O)Nc3ccc(Cl)cc3C)cc2)cc1)C(=O)O. The Balaban J connectivity index is 1.60. The molecule has 0 spiro atoms. The van der Waals surface area contributed by atoms with Crippen LogP contribution in [0.5, 0.6) is 0 Å². The lowest BCUT2D eigenvalue weighted by Crippen LogP contribution is -2.19. The van der Waals surface area contributed by atoms with Crippen LogP contribution < -0.4 is 10.6 Å². The third-order valence-corrected chi connectivity index (χ3v) is 5.81. The Bertz CT molecular complexity index is 1190. The molecule has 0 aliphatic rings. The number of benzene rings is 3. The Labute approximate surface area is 209 Å². The summed E-state index contributed by atoms with van der Waals surface area (Å²) >= 11 is 5.95. The molecule has 2 amide bonds. The monoisotopic (exact) mass is 494 g/mol. The maximum Gasteiger partial charge on any atom is 0.323 e. The molecule has 0 fully saturated rings. The standard InChI is InChI=1S/C27H27ClN2O5/c1-17-15-22(28)9-12-24(17)30-27(34)29-23-10-7-19(8-11-23)18-3-5-20(6-4-18)25(31)16-21(26(32)33)13-14-35-2/h3-12,15,21H,13-14,16H2,1-2H3,(H,32,33)(H2,29,30,34). The first-order valence-corrected chi connectivity index (χ1v) is 11.4. The van der Waals surface area contributed by atoms with Crippen LogP contribution in [0.2, 0.25) is 5.02 Å². The third-order valence-electron chi connectivity index (χ3n) is 5.57. The quantitative estimate of drug-likeness (QED) is 0.288. The molecule has 1 atom stereocenters. The van der Waals surface area contributed by atoms with E-state index in [0.717, 1.165) is 16.7 Å². The molecule has 3 aromatic carbocycles. The predicted molar refractivity (Wildman–Crippen MR) is 137 cm³/mol. The number of aliphatic carboxylic acids is 1. The number of hydrogen-bond acceptors (Lipinski definition) is 4. The lowest BCUT2D eigenvalue weighted by Gasteiger charge is -2.12. The van der Waals surface area contributed by atoms with Crippen molar-refractivity contribution in [1.82, 2.24) is 0 Å². The Morgan fingerprint density at radius 3 is 2.14 bits per heavy atom. The molecule has 3 rings (SSSR count). The second-order valence-electron chi connectivity index (χ2n) is 8.14. The van der Waals surface area contributed by atoms with Gasteiger partial charge in [-0.05, 0) is 60.4 Å². The minimum Gasteiger partial charge on any atom is -0.481 e. The number of urea groups is 1. The summed E-state index contributed by atoms with van der Waals surface area (Å²) in [5.74, 6) is -2.00. The van der Waals surface area contributed by atoms with Gasteiger partial charge in [-0.1, -0.05) is 48.0 Å². The van der Waals surface area contributed by atoms with Gasteiger partial charge >= 0.3 is 12.0 Å². The highest BCUT2D eigenvalue weighted by Crippen LogP contribution is 2.24. The first-order valence-electron chi connectivity index (χ1n) is 11.1. The van der Waals surface area contributed by atoms with E-state index in [0.29, 0.717) is 22.0 Å². The van der Waals surface area contributed by atoms with E-state index in [1.54, 1.807) is 42.5 Å². The highest BCUT2D eigenvalue weighted by Gasteiger charge is 2.21. The molecule has 8 heteroatoms. The lowest BCUT2D eigenvalue weighted by molar-refractivity contribution is -0.142. The fraction of sp³-hybridized carbons (Fsp3) is 0.222. The molecule has 0 saturated carbocycles. The van der Waals surface area contributed by atoms with Crippen LogP contribution in [-0.4, -0.2) is 36.6 Å². The van der Waals surface area contributed by atoms with Crippen molar-refractivity contribution in [2.75, 3.05) is 24.4 Å². The van der Waals surface area contributed by atoms with Crippen LogP contribution >= 0.6 is 11.6 Å². The molecule has 182 valence electrons. The van der Waals surface area contributed by atoms with Gasteiger partial charge in [0.25, 0.3) is 0 Å². The number of rotatable bonds is 10. The third kappa shape index (κ3) is 7.40. The summed E-state index contributed by atoms with van der Waals surface area (Å²) in [6, 6.07) is 19.2. The predicted octanol–water partition coefficient (Wildman–Crippen LogP) is 6.27. The molecule has 3 N–H and O–H groups in total. The minimum absolute atomic E-state index is 0.0734. The fourth-order valence-corrected chi connectivity index (χ4v) is 3.79. The Kier molecular flexibility index (Phi) is 9.00. The van der Waals surface area contributed by atoms with Gasteiger partial charge in [0.15, 0.2) is 5.78 Å². The summed E-state index contributed by atoms with van der Waals surface area (Å²) in [5, 5.41) is 15.5. The number of halogens is 1. The molecule has 0 saturated heterocycles. The number of Topliss-reactive ketones (excluding diaryl/α,β-unsaturated/α-hetero) is 1. The number of ether oxygens (including phenoxy) is 1. The smallest absolute Gasteiger partial charge is 0.323 e. The van der Waals surface area contributed by atoms with Gasteiger partial charge in [-0.15, -0.1) is 0 Å². The van der Waals surface area contributed by atoms with E-state index in [1.165, 1.54) is 7.11 Å². The number of amides is 2. The van der Waals surface area contributed by atoms with Gasteiger partial charge < -0.3 is 20.5 Å². The van der Waals surface area contributed by atoms with Crippen molar-refractivity contribution in [3.63, 3.8) is 0 Å². The molecule has 0 aliphatic carbocycles. The number of hydrogen-bond donors (Lipinski definition) is 3. The van der Waals surface area contributed by atoms with Crippen LogP contribution in [0.4, 0.5) is 16.2 Å². The van der Waals surface area contributed by atoms with Crippen LogP contribution in [0.25, 0.3) is 11.1 Å². The number of methoxy groups -OCH3 is 1. The van der Waals surface area contributed by atoms with Crippen LogP contribution in [0.3, 0.4) is 0 Å². The number of ketones is 1. The molecule has 3 aromatic rings. The van der Waals surface area contributed by atoms with Crippen LogP contribution in [0.15, 0.2) is 66.7 Å². The normalized spacial score (nSPS) is 11.5. The summed E-state index contributed by atoms with van der Waals surface area (Å²) < 4.78 is 4.93. The second-order valence-corrected chi connectivity index (χ2v) is 8.57. The van der Waals surface area contributed by atoms with E-state index in [2.05, 4.69) is 10.6 Å². The number of nitrogens with one attached hydrogen (secondary N) is 2. The molecule has 0 aliphatic heterocycles. The molecular weight excluding hydrogens is 468 g/mol. The topological polar surface area (TPSA) is 105 Å². The molecule has 0 bridgehead atoms. The zero-order valence-corrected chi connectivity index (χ0v) is 20.3. The Morgan fingerprint density at radius 2 is 1.57 bits per heavy atom. The van der Waals surface area contributed by atoms with Crippen molar-refractivity contribution >= 4 is 40.8 Å². The van der Waals surface area contributed by atoms with Crippen LogP contribution in [0, 0.1) is 12.8 Å². The summed E-state index contributed by atoms with van der Waals surface area (Å²) in [6.45, 7) is 2.15. The second kappa shape index (κ2) is 12.1. The number of aryl methyl sites for hydroxylation is 1. The van der Waals surface area contributed by atoms with Gasteiger partial charge in [-0.2, -0.15) is 0 Å². The van der Waals surface area contributed by atoms with E-state index < -0.39 is 11.9 Å². The molecular formula is C27H27ClN2O5. The van der Waals surface area contributed by atoms with E-state index >= 15 is 0 Å². The largest absolute Gasteiger partial charge is 0.481 e. The minimum atomic E-state index is -1.00.